The maximum atomic E-state index is 12.8. The highest BCUT2D eigenvalue weighted by molar-refractivity contribution is 14.1. The van der Waals surface area contributed by atoms with Gasteiger partial charge >= 0.3 is 0 Å². The number of thioether (sulfide) groups is 1. The SMILES string of the molecule is O=C1S/C(=C/c2ccc(OCc3ccc(Cl)c(Cl)c3)c(I)c2)C(=O)N1CCCc1ccccc1. The van der Waals surface area contributed by atoms with E-state index in [0.717, 1.165) is 45.1 Å². The number of nitrogens with zero attached hydrogens (tertiary/aromatic N) is 1. The van der Waals surface area contributed by atoms with Gasteiger partial charge in [0, 0.05) is 6.54 Å². The molecule has 1 aliphatic heterocycles. The number of rotatable bonds is 8. The van der Waals surface area contributed by atoms with Crippen LogP contribution in [0.3, 0.4) is 0 Å². The summed E-state index contributed by atoms with van der Waals surface area (Å²) in [5, 5.41) is 0.771. The molecule has 0 unspecified atom stereocenters. The topological polar surface area (TPSA) is 46.6 Å². The minimum atomic E-state index is -0.238. The lowest BCUT2D eigenvalue weighted by Gasteiger charge is -2.12. The molecule has 0 atom stereocenters. The van der Waals surface area contributed by atoms with Crippen LogP contribution in [-0.2, 0) is 17.8 Å². The minimum Gasteiger partial charge on any atom is -0.488 e. The standard InChI is InChI=1S/C26H20Cl2INO3S/c27-20-10-8-19(13-21(20)28)16-33-23-11-9-18(14-22(23)29)15-24-25(31)30(26(32)34-24)12-4-7-17-5-2-1-3-6-17/h1-3,5-6,8-11,13-15H,4,7,12,16H2/b24-15+. The molecule has 0 saturated carbocycles. The molecule has 1 heterocycles. The summed E-state index contributed by atoms with van der Waals surface area (Å²) in [6.07, 6.45) is 3.31. The van der Waals surface area contributed by atoms with Gasteiger partial charge in [0.15, 0.2) is 0 Å². The Morgan fingerprint density at radius 3 is 2.47 bits per heavy atom. The van der Waals surface area contributed by atoms with Crippen LogP contribution in [0.15, 0.2) is 71.6 Å². The number of benzene rings is 3. The first kappa shape index (κ1) is 25.1. The van der Waals surface area contributed by atoms with Crippen LogP contribution in [0.25, 0.3) is 6.08 Å². The smallest absolute Gasteiger partial charge is 0.293 e. The Hall–Kier alpha value is -2.00. The molecule has 0 spiro atoms. The second-order valence-corrected chi connectivity index (χ2v) is 10.6. The Labute approximate surface area is 226 Å². The van der Waals surface area contributed by atoms with Gasteiger partial charge in [-0.3, -0.25) is 14.5 Å². The van der Waals surface area contributed by atoms with Gasteiger partial charge in [-0.05, 0) is 94.2 Å². The zero-order valence-electron chi connectivity index (χ0n) is 18.0. The van der Waals surface area contributed by atoms with E-state index in [2.05, 4.69) is 22.6 Å². The summed E-state index contributed by atoms with van der Waals surface area (Å²) in [5.74, 6) is 0.482. The maximum absolute atomic E-state index is 12.8. The number of carbonyl (C=O) groups is 2. The maximum Gasteiger partial charge on any atom is 0.293 e. The van der Waals surface area contributed by atoms with Crippen molar-refractivity contribution < 1.29 is 14.3 Å². The molecule has 1 fully saturated rings. The summed E-state index contributed by atoms with van der Waals surface area (Å²) in [6.45, 7) is 0.768. The van der Waals surface area contributed by atoms with Crippen molar-refractivity contribution in [2.75, 3.05) is 6.54 Å². The van der Waals surface area contributed by atoms with Gasteiger partial charge < -0.3 is 4.74 Å². The lowest BCUT2D eigenvalue weighted by molar-refractivity contribution is -0.122. The number of imide groups is 1. The van der Waals surface area contributed by atoms with Crippen molar-refractivity contribution in [3.8, 4) is 5.75 Å². The molecular weight excluding hydrogens is 604 g/mol. The molecule has 3 aromatic rings. The van der Waals surface area contributed by atoms with Crippen LogP contribution in [0.4, 0.5) is 4.79 Å². The van der Waals surface area contributed by atoms with Crippen LogP contribution in [0.1, 0.15) is 23.1 Å². The molecular formula is C26H20Cl2INO3S. The number of carbonyl (C=O) groups excluding carboxylic acids is 2. The Kier molecular flexibility index (Phi) is 8.58. The molecule has 4 nitrogen and oxygen atoms in total. The van der Waals surface area contributed by atoms with Gasteiger partial charge in [0.1, 0.15) is 12.4 Å². The number of hydrogen-bond donors (Lipinski definition) is 0. The molecule has 0 bridgehead atoms. The van der Waals surface area contributed by atoms with Crippen LogP contribution < -0.4 is 4.74 Å². The van der Waals surface area contributed by atoms with Gasteiger partial charge in [-0.1, -0.05) is 65.7 Å². The highest BCUT2D eigenvalue weighted by atomic mass is 127. The van der Waals surface area contributed by atoms with E-state index in [0.29, 0.717) is 28.1 Å². The fourth-order valence-electron chi connectivity index (χ4n) is 3.44. The van der Waals surface area contributed by atoms with Crippen molar-refractivity contribution in [1.82, 2.24) is 4.90 Å². The van der Waals surface area contributed by atoms with Crippen molar-refractivity contribution in [3.05, 3.63) is 102 Å². The fourth-order valence-corrected chi connectivity index (χ4v) is 5.33. The molecule has 174 valence electrons. The normalized spacial score (nSPS) is 14.8. The summed E-state index contributed by atoms with van der Waals surface area (Å²) in [7, 11) is 0. The molecule has 1 saturated heterocycles. The average molecular weight is 624 g/mol. The lowest BCUT2D eigenvalue weighted by Crippen LogP contribution is -2.29. The van der Waals surface area contributed by atoms with Crippen molar-refractivity contribution in [2.45, 2.75) is 19.4 Å². The molecule has 2 amide bonds. The fraction of sp³-hybridized carbons (Fsp3) is 0.154. The average Bonchev–Trinajstić information content (AvgIpc) is 3.08. The third-order valence-electron chi connectivity index (χ3n) is 5.20. The second-order valence-electron chi connectivity index (χ2n) is 7.65. The van der Waals surface area contributed by atoms with Gasteiger partial charge in [0.05, 0.1) is 18.5 Å². The quantitative estimate of drug-likeness (QED) is 0.189. The number of hydrogen-bond acceptors (Lipinski definition) is 4. The summed E-state index contributed by atoms with van der Waals surface area (Å²) in [5.41, 5.74) is 2.94. The summed E-state index contributed by atoms with van der Waals surface area (Å²) in [4.78, 5) is 27.0. The molecule has 3 aromatic carbocycles. The Morgan fingerprint density at radius 2 is 1.74 bits per heavy atom. The molecule has 34 heavy (non-hydrogen) atoms. The molecule has 0 aliphatic carbocycles. The molecule has 4 rings (SSSR count). The van der Waals surface area contributed by atoms with E-state index < -0.39 is 0 Å². The van der Waals surface area contributed by atoms with Crippen molar-refractivity contribution in [3.63, 3.8) is 0 Å². The summed E-state index contributed by atoms with van der Waals surface area (Å²) in [6, 6.07) is 21.1. The molecule has 0 N–H and O–H groups in total. The van der Waals surface area contributed by atoms with Crippen LogP contribution in [-0.4, -0.2) is 22.6 Å². The van der Waals surface area contributed by atoms with Gasteiger partial charge in [-0.25, -0.2) is 0 Å². The van der Waals surface area contributed by atoms with Gasteiger partial charge in [0.2, 0.25) is 0 Å². The minimum absolute atomic E-state index is 0.222. The van der Waals surface area contributed by atoms with E-state index in [1.807, 2.05) is 54.6 Å². The zero-order chi connectivity index (χ0) is 24.1. The van der Waals surface area contributed by atoms with Crippen LogP contribution in [0, 0.1) is 3.57 Å². The highest BCUT2D eigenvalue weighted by Gasteiger charge is 2.34. The van der Waals surface area contributed by atoms with Crippen molar-refractivity contribution in [2.24, 2.45) is 0 Å². The number of amides is 2. The van der Waals surface area contributed by atoms with Gasteiger partial charge in [-0.2, -0.15) is 0 Å². The van der Waals surface area contributed by atoms with E-state index in [1.54, 1.807) is 18.2 Å². The predicted octanol–water partition coefficient (Wildman–Crippen LogP) is 7.85. The Bertz CT molecular complexity index is 1250. The number of halogens is 3. The highest BCUT2D eigenvalue weighted by Crippen LogP contribution is 2.33. The van der Waals surface area contributed by atoms with Crippen LogP contribution >= 0.6 is 57.6 Å². The van der Waals surface area contributed by atoms with Crippen LogP contribution in [0.2, 0.25) is 10.0 Å². The van der Waals surface area contributed by atoms with E-state index >= 15 is 0 Å². The molecule has 8 heteroatoms. The third-order valence-corrected chi connectivity index (χ3v) is 7.69. The molecule has 0 aromatic heterocycles. The summed E-state index contributed by atoms with van der Waals surface area (Å²) < 4.78 is 6.81. The largest absolute Gasteiger partial charge is 0.488 e. The first-order chi connectivity index (χ1) is 16.4. The van der Waals surface area contributed by atoms with E-state index in [-0.39, 0.29) is 11.1 Å². The third kappa shape index (κ3) is 6.36. The van der Waals surface area contributed by atoms with Gasteiger partial charge in [-0.15, -0.1) is 0 Å². The van der Waals surface area contributed by atoms with Crippen molar-refractivity contribution in [1.29, 1.82) is 0 Å². The van der Waals surface area contributed by atoms with E-state index in [1.165, 1.54) is 10.5 Å². The zero-order valence-corrected chi connectivity index (χ0v) is 22.5. The van der Waals surface area contributed by atoms with E-state index in [4.69, 9.17) is 27.9 Å². The predicted molar refractivity (Wildman–Crippen MR) is 147 cm³/mol. The first-order valence-corrected chi connectivity index (χ1v) is 13.2. The Morgan fingerprint density at radius 1 is 0.941 bits per heavy atom. The second kappa shape index (κ2) is 11.6. The lowest BCUT2D eigenvalue weighted by atomic mass is 10.1. The summed E-state index contributed by atoms with van der Waals surface area (Å²) >= 11 is 15.2. The van der Waals surface area contributed by atoms with Gasteiger partial charge in [0.25, 0.3) is 11.1 Å². The molecule has 1 aliphatic rings. The Balaban J connectivity index is 1.37. The van der Waals surface area contributed by atoms with E-state index in [9.17, 15) is 9.59 Å². The van der Waals surface area contributed by atoms with Crippen molar-refractivity contribution >= 4 is 74.8 Å². The van der Waals surface area contributed by atoms with Crippen LogP contribution in [0.5, 0.6) is 5.75 Å². The first-order valence-electron chi connectivity index (χ1n) is 10.6. The monoisotopic (exact) mass is 623 g/mol. The molecule has 0 radical (unpaired) electrons. The number of ether oxygens (including phenoxy) is 1. The number of aryl methyl sites for hydroxylation is 1.